The van der Waals surface area contributed by atoms with E-state index in [1.807, 2.05) is 0 Å². The zero-order valence-corrected chi connectivity index (χ0v) is 17.0. The van der Waals surface area contributed by atoms with Crippen LogP contribution in [0.4, 0.5) is 4.79 Å². The van der Waals surface area contributed by atoms with Gasteiger partial charge < -0.3 is 24.8 Å². The molecule has 8 nitrogen and oxygen atoms in total. The number of methoxy groups -OCH3 is 1. The standard InChI is InChI=1S/C19H34N2O6/c1-19(2,3)27-18(24)21-16(14-8-6-5-7-9-14)17(23)20-11-13-26-12-10-15(22)25-4/h14,16H,5-13H2,1-4H3,(H,20,23)(H,21,24)/t16-/m1/s1. The molecule has 0 aromatic carbocycles. The third-order valence-electron chi connectivity index (χ3n) is 4.30. The Hall–Kier alpha value is -1.83. The van der Waals surface area contributed by atoms with E-state index in [-0.39, 0.29) is 37.4 Å². The van der Waals surface area contributed by atoms with Gasteiger partial charge in [-0.05, 0) is 39.5 Å². The van der Waals surface area contributed by atoms with Crippen LogP contribution in [-0.4, -0.2) is 56.5 Å². The Kier molecular flexibility index (Phi) is 10.1. The van der Waals surface area contributed by atoms with E-state index in [1.54, 1.807) is 20.8 Å². The predicted octanol–water partition coefficient (Wildman–Crippen LogP) is 2.16. The average Bonchev–Trinajstić information content (AvgIpc) is 2.61. The molecule has 0 aromatic rings. The second kappa shape index (κ2) is 11.8. The van der Waals surface area contributed by atoms with Crippen molar-refractivity contribution >= 4 is 18.0 Å². The van der Waals surface area contributed by atoms with E-state index in [4.69, 9.17) is 9.47 Å². The molecule has 1 aliphatic rings. The van der Waals surface area contributed by atoms with Gasteiger partial charge in [0.25, 0.3) is 0 Å². The number of nitrogens with one attached hydrogen (secondary N) is 2. The Morgan fingerprint density at radius 2 is 1.74 bits per heavy atom. The lowest BCUT2D eigenvalue weighted by Crippen LogP contribution is -2.52. The van der Waals surface area contributed by atoms with Crippen LogP contribution in [-0.2, 0) is 23.8 Å². The predicted molar refractivity (Wildman–Crippen MR) is 100 cm³/mol. The minimum atomic E-state index is -0.620. The number of rotatable bonds is 9. The van der Waals surface area contributed by atoms with E-state index in [1.165, 1.54) is 7.11 Å². The average molecular weight is 386 g/mol. The molecular formula is C19H34N2O6. The molecule has 1 fully saturated rings. The van der Waals surface area contributed by atoms with Gasteiger partial charge in [-0.25, -0.2) is 4.79 Å². The lowest BCUT2D eigenvalue weighted by molar-refractivity contribution is -0.141. The molecule has 0 radical (unpaired) electrons. The van der Waals surface area contributed by atoms with E-state index in [0.717, 1.165) is 32.1 Å². The first kappa shape index (κ1) is 23.2. The first-order valence-electron chi connectivity index (χ1n) is 9.64. The van der Waals surface area contributed by atoms with Gasteiger partial charge in [-0.3, -0.25) is 9.59 Å². The lowest BCUT2D eigenvalue weighted by Gasteiger charge is -2.31. The van der Waals surface area contributed by atoms with E-state index in [9.17, 15) is 14.4 Å². The monoisotopic (exact) mass is 386 g/mol. The lowest BCUT2D eigenvalue weighted by atomic mass is 9.83. The Bertz CT molecular complexity index is 483. The van der Waals surface area contributed by atoms with E-state index in [2.05, 4.69) is 15.4 Å². The van der Waals surface area contributed by atoms with Crippen LogP contribution >= 0.6 is 0 Å². The second-order valence-corrected chi connectivity index (χ2v) is 7.75. The number of hydrogen-bond donors (Lipinski definition) is 2. The molecule has 2 N–H and O–H groups in total. The molecule has 1 atom stereocenters. The molecule has 0 aromatic heterocycles. The summed E-state index contributed by atoms with van der Waals surface area (Å²) in [5, 5.41) is 5.54. The molecule has 0 aliphatic heterocycles. The van der Waals surface area contributed by atoms with Crippen molar-refractivity contribution in [2.75, 3.05) is 26.9 Å². The summed E-state index contributed by atoms with van der Waals surface area (Å²) < 4.78 is 15.1. The van der Waals surface area contributed by atoms with Crippen LogP contribution in [0.2, 0.25) is 0 Å². The quantitative estimate of drug-likeness (QED) is 0.465. The van der Waals surface area contributed by atoms with Gasteiger partial charge in [-0.2, -0.15) is 0 Å². The molecule has 0 saturated heterocycles. The van der Waals surface area contributed by atoms with Crippen LogP contribution in [0.3, 0.4) is 0 Å². The first-order valence-corrected chi connectivity index (χ1v) is 9.64. The van der Waals surface area contributed by atoms with Crippen molar-refractivity contribution in [3.63, 3.8) is 0 Å². The fourth-order valence-electron chi connectivity index (χ4n) is 3.02. The summed E-state index contributed by atoms with van der Waals surface area (Å²) in [4.78, 5) is 35.8. The zero-order valence-electron chi connectivity index (χ0n) is 17.0. The Morgan fingerprint density at radius 3 is 2.33 bits per heavy atom. The highest BCUT2D eigenvalue weighted by Crippen LogP contribution is 2.27. The first-order chi connectivity index (χ1) is 12.7. The Balaban J connectivity index is 2.47. The summed E-state index contributed by atoms with van der Waals surface area (Å²) in [6.07, 6.45) is 4.68. The zero-order chi connectivity index (χ0) is 20.3. The van der Waals surface area contributed by atoms with Crippen LogP contribution < -0.4 is 10.6 Å². The normalized spacial score (nSPS) is 16.3. The second-order valence-electron chi connectivity index (χ2n) is 7.75. The highest BCUT2D eigenvalue weighted by Gasteiger charge is 2.32. The summed E-state index contributed by atoms with van der Waals surface area (Å²) in [6.45, 7) is 6.19. The third kappa shape index (κ3) is 10.2. The molecule has 156 valence electrons. The molecule has 2 amide bonds. The van der Waals surface area contributed by atoms with E-state index >= 15 is 0 Å². The van der Waals surface area contributed by atoms with Crippen molar-refractivity contribution in [2.24, 2.45) is 5.92 Å². The van der Waals surface area contributed by atoms with Gasteiger partial charge in [-0.15, -0.1) is 0 Å². The minimum absolute atomic E-state index is 0.103. The van der Waals surface area contributed by atoms with E-state index in [0.29, 0.717) is 6.54 Å². The fourth-order valence-corrected chi connectivity index (χ4v) is 3.02. The Morgan fingerprint density at radius 1 is 1.07 bits per heavy atom. The van der Waals surface area contributed by atoms with Crippen molar-refractivity contribution in [1.82, 2.24) is 10.6 Å². The summed E-state index contributed by atoms with van der Waals surface area (Å²) >= 11 is 0. The number of ether oxygens (including phenoxy) is 3. The van der Waals surface area contributed by atoms with Crippen molar-refractivity contribution in [1.29, 1.82) is 0 Å². The molecular weight excluding hydrogens is 352 g/mol. The van der Waals surface area contributed by atoms with Gasteiger partial charge in [0.15, 0.2) is 0 Å². The van der Waals surface area contributed by atoms with Crippen molar-refractivity contribution < 1.29 is 28.6 Å². The van der Waals surface area contributed by atoms with Gasteiger partial charge in [0.2, 0.25) is 5.91 Å². The summed E-state index contributed by atoms with van der Waals surface area (Å²) in [5.74, 6) is -0.464. The largest absolute Gasteiger partial charge is 0.469 e. The molecule has 8 heteroatoms. The van der Waals surface area contributed by atoms with Crippen molar-refractivity contribution in [3.05, 3.63) is 0 Å². The molecule has 1 aliphatic carbocycles. The van der Waals surface area contributed by atoms with Crippen LogP contribution in [0, 0.1) is 5.92 Å². The Labute approximate surface area is 161 Å². The van der Waals surface area contributed by atoms with Gasteiger partial charge >= 0.3 is 12.1 Å². The smallest absolute Gasteiger partial charge is 0.408 e. The summed E-state index contributed by atoms with van der Waals surface area (Å²) in [7, 11) is 1.33. The van der Waals surface area contributed by atoms with Crippen LogP contribution in [0.1, 0.15) is 59.3 Å². The third-order valence-corrected chi connectivity index (χ3v) is 4.30. The molecule has 0 spiro atoms. The molecule has 0 unspecified atom stereocenters. The number of hydrogen-bond acceptors (Lipinski definition) is 6. The number of alkyl carbamates (subject to hydrolysis) is 1. The summed E-state index contributed by atoms with van der Waals surface area (Å²) in [6, 6.07) is -0.616. The van der Waals surface area contributed by atoms with Crippen molar-refractivity contribution in [2.45, 2.75) is 70.9 Å². The highest BCUT2D eigenvalue weighted by atomic mass is 16.6. The maximum Gasteiger partial charge on any atom is 0.408 e. The molecule has 27 heavy (non-hydrogen) atoms. The summed E-state index contributed by atoms with van der Waals surface area (Å²) in [5.41, 5.74) is -0.620. The fraction of sp³-hybridized carbons (Fsp3) is 0.842. The van der Waals surface area contributed by atoms with Gasteiger partial charge in [0.1, 0.15) is 11.6 Å². The number of carbonyl (C=O) groups is 3. The number of carbonyl (C=O) groups excluding carboxylic acids is 3. The minimum Gasteiger partial charge on any atom is -0.469 e. The maximum absolute atomic E-state index is 12.6. The van der Waals surface area contributed by atoms with Gasteiger partial charge in [-0.1, -0.05) is 19.3 Å². The van der Waals surface area contributed by atoms with Crippen molar-refractivity contribution in [3.8, 4) is 0 Å². The molecule has 0 bridgehead atoms. The molecule has 1 saturated carbocycles. The number of esters is 1. The molecule has 1 rings (SSSR count). The van der Waals surface area contributed by atoms with Crippen LogP contribution in [0.5, 0.6) is 0 Å². The van der Waals surface area contributed by atoms with Gasteiger partial charge in [0, 0.05) is 6.54 Å². The highest BCUT2D eigenvalue weighted by molar-refractivity contribution is 5.86. The topological polar surface area (TPSA) is 103 Å². The van der Waals surface area contributed by atoms with Crippen LogP contribution in [0.25, 0.3) is 0 Å². The van der Waals surface area contributed by atoms with Crippen LogP contribution in [0.15, 0.2) is 0 Å². The van der Waals surface area contributed by atoms with Gasteiger partial charge in [0.05, 0.1) is 26.7 Å². The molecule has 0 heterocycles. The number of amides is 2. The van der Waals surface area contributed by atoms with E-state index < -0.39 is 17.7 Å². The maximum atomic E-state index is 12.6. The SMILES string of the molecule is COC(=O)CCOCCNC(=O)[C@H](NC(=O)OC(C)(C)C)C1CCCCC1.